The van der Waals surface area contributed by atoms with Crippen LogP contribution in [0.1, 0.15) is 31.1 Å². The minimum absolute atomic E-state index is 0.0781. The van der Waals surface area contributed by atoms with Crippen LogP contribution in [0.4, 0.5) is 0 Å². The van der Waals surface area contributed by atoms with E-state index in [1.165, 1.54) is 12.1 Å². The Balaban J connectivity index is 3.70. The van der Waals surface area contributed by atoms with E-state index < -0.39 is 15.7 Å². The van der Waals surface area contributed by atoms with E-state index in [4.69, 9.17) is 46.4 Å². The molecule has 0 fully saturated rings. The van der Waals surface area contributed by atoms with Crippen LogP contribution in [-0.2, 0) is 0 Å². The van der Waals surface area contributed by atoms with E-state index in [0.717, 1.165) is 0 Å². The van der Waals surface area contributed by atoms with Gasteiger partial charge in [-0.2, -0.15) is 0 Å². The number of hydrogen-bond acceptors (Lipinski definition) is 3. The number of carbonyl (C=O) groups is 3. The molecule has 0 aliphatic rings. The molecule has 0 aromatic heterocycles. The topological polar surface area (TPSA) is 51.2 Å². The molecule has 0 aliphatic heterocycles. The van der Waals surface area contributed by atoms with Gasteiger partial charge in [-0.25, -0.2) is 0 Å². The van der Waals surface area contributed by atoms with E-state index in [9.17, 15) is 14.4 Å². The molecule has 3 nitrogen and oxygen atoms in total. The normalized spacial score (nSPS) is 10.0. The lowest BCUT2D eigenvalue weighted by atomic mass is 10.0. The molecule has 7 heteroatoms. The number of rotatable bonds is 3. The zero-order valence-corrected chi connectivity index (χ0v) is 10.4. The van der Waals surface area contributed by atoms with E-state index in [-0.39, 0.29) is 21.7 Å². The van der Waals surface area contributed by atoms with Crippen LogP contribution in [0.15, 0.2) is 12.1 Å². The van der Waals surface area contributed by atoms with E-state index in [2.05, 4.69) is 0 Å². The van der Waals surface area contributed by atoms with Gasteiger partial charge in [-0.05, 0) is 46.9 Å². The van der Waals surface area contributed by atoms with Gasteiger partial charge in [0, 0.05) is 5.56 Å². The Kier molecular flexibility index (Phi) is 4.33. The number of carbonyl (C=O) groups excluding carboxylic acids is 3. The van der Waals surface area contributed by atoms with E-state index >= 15 is 0 Å². The summed E-state index contributed by atoms with van der Waals surface area (Å²) in [5.74, 6) is 0. The van der Waals surface area contributed by atoms with Crippen molar-refractivity contribution in [3.05, 3.63) is 33.8 Å². The zero-order chi connectivity index (χ0) is 12.5. The van der Waals surface area contributed by atoms with Gasteiger partial charge in [0.2, 0.25) is 0 Å². The van der Waals surface area contributed by atoms with Gasteiger partial charge >= 0.3 is 0 Å². The predicted molar refractivity (Wildman–Crippen MR) is 62.0 cm³/mol. The third kappa shape index (κ3) is 2.55. The molecule has 1 aromatic rings. The van der Waals surface area contributed by atoms with Crippen molar-refractivity contribution in [1.29, 1.82) is 0 Å². The van der Waals surface area contributed by atoms with Crippen molar-refractivity contribution < 1.29 is 14.4 Å². The van der Waals surface area contributed by atoms with Crippen molar-refractivity contribution >= 4 is 62.1 Å². The molecule has 0 unspecified atom stereocenters. The average molecular weight is 300 g/mol. The maximum Gasteiger partial charge on any atom is 0.254 e. The molecule has 0 N–H and O–H groups in total. The lowest BCUT2D eigenvalue weighted by Gasteiger charge is -2.07. The maximum absolute atomic E-state index is 11.1. The third-order valence-electron chi connectivity index (χ3n) is 1.76. The molecule has 0 heterocycles. The lowest BCUT2D eigenvalue weighted by molar-refractivity contribution is 0.104. The van der Waals surface area contributed by atoms with Gasteiger partial charge in [0.15, 0.2) is 0 Å². The highest BCUT2D eigenvalue weighted by Crippen LogP contribution is 2.27. The second kappa shape index (κ2) is 5.15. The smallest absolute Gasteiger partial charge is 0.254 e. The molecule has 1 aromatic carbocycles. The molecule has 0 spiro atoms. The summed E-state index contributed by atoms with van der Waals surface area (Å²) in [6.07, 6.45) is 0. The SMILES string of the molecule is O=C(Cl)c1ccc(Cl)c(C(=O)Cl)c1C(=O)Cl. The number of hydrogen-bond donors (Lipinski definition) is 0. The highest BCUT2D eigenvalue weighted by atomic mass is 35.5. The van der Waals surface area contributed by atoms with Crippen molar-refractivity contribution in [2.75, 3.05) is 0 Å². The van der Waals surface area contributed by atoms with Crippen LogP contribution < -0.4 is 0 Å². The Hall–Kier alpha value is -0.610. The number of halogens is 4. The van der Waals surface area contributed by atoms with Crippen molar-refractivity contribution in [3.8, 4) is 0 Å². The Morgan fingerprint density at radius 3 is 1.69 bits per heavy atom. The molecule has 0 atom stereocenters. The molecule has 0 bridgehead atoms. The second-order valence-electron chi connectivity index (χ2n) is 2.67. The first-order chi connectivity index (χ1) is 7.36. The molecule has 84 valence electrons. The third-order valence-corrected chi connectivity index (χ3v) is 2.66. The molecule has 16 heavy (non-hydrogen) atoms. The molecule has 0 aliphatic carbocycles. The second-order valence-corrected chi connectivity index (χ2v) is 4.10. The van der Waals surface area contributed by atoms with Gasteiger partial charge in [-0.3, -0.25) is 14.4 Å². The van der Waals surface area contributed by atoms with Crippen LogP contribution in [0.25, 0.3) is 0 Å². The van der Waals surface area contributed by atoms with Crippen molar-refractivity contribution in [3.63, 3.8) is 0 Å². The fourth-order valence-corrected chi connectivity index (χ4v) is 1.98. The zero-order valence-electron chi connectivity index (χ0n) is 7.39. The summed E-state index contributed by atoms with van der Waals surface area (Å²) in [6.45, 7) is 0. The summed E-state index contributed by atoms with van der Waals surface area (Å²) < 4.78 is 0. The summed E-state index contributed by atoms with van der Waals surface area (Å²) in [5, 5.41) is -3.03. The van der Waals surface area contributed by atoms with Gasteiger partial charge in [0.1, 0.15) is 0 Å². The van der Waals surface area contributed by atoms with Gasteiger partial charge in [0.25, 0.3) is 15.7 Å². The van der Waals surface area contributed by atoms with Crippen LogP contribution in [0.3, 0.4) is 0 Å². The van der Waals surface area contributed by atoms with Gasteiger partial charge in [-0.1, -0.05) is 11.6 Å². The Bertz CT molecular complexity index is 496. The van der Waals surface area contributed by atoms with Crippen LogP contribution in [0.2, 0.25) is 5.02 Å². The fourth-order valence-electron chi connectivity index (χ4n) is 1.14. The van der Waals surface area contributed by atoms with Crippen molar-refractivity contribution in [2.24, 2.45) is 0 Å². The number of benzene rings is 1. The van der Waals surface area contributed by atoms with Crippen LogP contribution in [-0.4, -0.2) is 15.7 Å². The summed E-state index contributed by atoms with van der Waals surface area (Å²) in [4.78, 5) is 33.2. The Labute approximate surface area is 110 Å². The first kappa shape index (κ1) is 13.5. The van der Waals surface area contributed by atoms with Crippen LogP contribution >= 0.6 is 46.4 Å². The van der Waals surface area contributed by atoms with Crippen LogP contribution in [0, 0.1) is 0 Å². The molecule has 0 saturated carbocycles. The van der Waals surface area contributed by atoms with Crippen molar-refractivity contribution in [2.45, 2.75) is 0 Å². The van der Waals surface area contributed by atoms with Gasteiger partial charge < -0.3 is 0 Å². The monoisotopic (exact) mass is 298 g/mol. The first-order valence-corrected chi connectivity index (χ1v) is 5.29. The van der Waals surface area contributed by atoms with Gasteiger partial charge in [-0.15, -0.1) is 0 Å². The molecule has 0 saturated heterocycles. The lowest BCUT2D eigenvalue weighted by Crippen LogP contribution is -2.08. The van der Waals surface area contributed by atoms with Gasteiger partial charge in [0.05, 0.1) is 16.1 Å². The van der Waals surface area contributed by atoms with E-state index in [1.807, 2.05) is 0 Å². The minimum Gasteiger partial charge on any atom is -0.276 e. The highest BCUT2D eigenvalue weighted by molar-refractivity contribution is 6.75. The highest BCUT2D eigenvalue weighted by Gasteiger charge is 2.24. The predicted octanol–water partition coefficient (Wildman–Crippen LogP) is 3.48. The molecular formula is C9H2Cl4O3. The Morgan fingerprint density at radius 1 is 0.812 bits per heavy atom. The molecule has 1 rings (SSSR count). The minimum atomic E-state index is -1.03. The standard InChI is InChI=1S/C9H2Cl4O3/c10-4-2-1-3(7(11)14)5(8(12)15)6(4)9(13)16/h1-2H. The summed E-state index contributed by atoms with van der Waals surface area (Å²) in [5.41, 5.74) is -0.918. The quantitative estimate of drug-likeness (QED) is 0.803. The summed E-state index contributed by atoms with van der Waals surface area (Å²) >= 11 is 21.4. The largest absolute Gasteiger partial charge is 0.276 e. The van der Waals surface area contributed by atoms with Crippen molar-refractivity contribution in [1.82, 2.24) is 0 Å². The van der Waals surface area contributed by atoms with E-state index in [1.54, 1.807) is 0 Å². The summed E-state index contributed by atoms with van der Waals surface area (Å²) in [6, 6.07) is 2.42. The molecular weight excluding hydrogens is 298 g/mol. The first-order valence-electron chi connectivity index (χ1n) is 3.78. The Morgan fingerprint density at radius 2 is 1.31 bits per heavy atom. The average Bonchev–Trinajstić information content (AvgIpc) is 2.15. The van der Waals surface area contributed by atoms with Crippen LogP contribution in [0.5, 0.6) is 0 Å². The summed E-state index contributed by atoms with van der Waals surface area (Å²) in [7, 11) is 0. The maximum atomic E-state index is 11.1. The van der Waals surface area contributed by atoms with E-state index in [0.29, 0.717) is 0 Å². The fraction of sp³-hybridized carbons (Fsp3) is 0. The molecule has 0 amide bonds. The molecule has 0 radical (unpaired) electrons.